The van der Waals surface area contributed by atoms with Gasteiger partial charge in [-0.3, -0.25) is 0 Å². The van der Waals surface area contributed by atoms with Crippen molar-refractivity contribution in [3.05, 3.63) is 11.5 Å². The van der Waals surface area contributed by atoms with Gasteiger partial charge in [-0.1, -0.05) is 11.1 Å². The van der Waals surface area contributed by atoms with E-state index in [4.69, 9.17) is 0 Å². The minimum absolute atomic E-state index is 0.340. The predicted molar refractivity (Wildman–Crippen MR) is 37.3 cm³/mol. The average Bonchev–Trinajstić information content (AvgIpc) is 2.42. The number of hydrogen-bond donors (Lipinski definition) is 1. The third kappa shape index (κ3) is 7.61. The highest BCUT2D eigenvalue weighted by Crippen LogP contribution is 1.96. The Labute approximate surface area is 60.7 Å². The van der Waals surface area contributed by atoms with Crippen molar-refractivity contribution in [2.45, 2.75) is 6.92 Å². The van der Waals surface area contributed by atoms with Crippen molar-refractivity contribution in [3.8, 4) is 0 Å². The van der Waals surface area contributed by atoms with Gasteiger partial charge in [0.2, 0.25) is 0 Å². The lowest BCUT2D eigenvalue weighted by molar-refractivity contribution is 0.421. The lowest BCUT2D eigenvalue weighted by atomic mass is 10.8. The van der Waals surface area contributed by atoms with Crippen LogP contribution in [0.2, 0.25) is 0 Å². The van der Waals surface area contributed by atoms with Gasteiger partial charge in [0.1, 0.15) is 0 Å². The monoisotopic (exact) mass is 164 g/mol. The highest BCUT2D eigenvalue weighted by atomic mass is 32.2. The Morgan fingerprint density at radius 3 is 1.70 bits per heavy atom. The molecule has 0 aliphatic carbocycles. The van der Waals surface area contributed by atoms with Gasteiger partial charge < -0.3 is 5.32 Å². The van der Waals surface area contributed by atoms with Crippen LogP contribution >= 0.6 is 0 Å². The first kappa shape index (κ1) is 9.61. The van der Waals surface area contributed by atoms with E-state index in [-0.39, 0.29) is 4.91 Å². The minimum Gasteiger partial charge on any atom is -0.314 e. The summed E-state index contributed by atoms with van der Waals surface area (Å²) in [6.45, 7) is 6.58. The van der Waals surface area contributed by atoms with E-state index in [0.29, 0.717) is 0 Å². The number of hydrogen-bond acceptors (Lipinski definition) is 3. The molecule has 1 fully saturated rings. The van der Waals surface area contributed by atoms with E-state index >= 15 is 0 Å². The molecule has 0 aromatic rings. The summed E-state index contributed by atoms with van der Waals surface area (Å²) in [6.07, 6.45) is 0. The van der Waals surface area contributed by atoms with Crippen LogP contribution in [0, 0.1) is 0 Å². The first-order valence-corrected chi connectivity index (χ1v) is 4.17. The molecule has 0 unspecified atom stereocenters. The standard InChI is InChI=1S/C3H5O3S.C2H5N/c1-3(2)7(4,5)6;1-2-3-1/h1H2,2H3;3H,1-2H2. The minimum atomic E-state index is -4.19. The van der Waals surface area contributed by atoms with Gasteiger partial charge >= 0.3 is 10.1 Å². The normalized spacial score (nSPS) is 15.0. The molecule has 59 valence electrons. The quantitative estimate of drug-likeness (QED) is 0.548. The molecule has 4 nitrogen and oxygen atoms in total. The maximum Gasteiger partial charge on any atom is 0.319 e. The zero-order chi connectivity index (χ0) is 8.20. The van der Waals surface area contributed by atoms with Crippen LogP contribution in [-0.2, 0) is 14.7 Å². The largest absolute Gasteiger partial charge is 0.319 e. The Kier molecular flexibility index (Phi) is 3.55. The van der Waals surface area contributed by atoms with Gasteiger partial charge in [0.15, 0.2) is 0 Å². The molecule has 0 bridgehead atoms. The molecule has 0 aromatic carbocycles. The van der Waals surface area contributed by atoms with E-state index < -0.39 is 10.1 Å². The highest BCUT2D eigenvalue weighted by Gasteiger charge is 2.04. The molecule has 5 heteroatoms. The summed E-state index contributed by atoms with van der Waals surface area (Å²) in [5, 5.41) is 3.00. The summed E-state index contributed by atoms with van der Waals surface area (Å²) in [6, 6.07) is 0. The van der Waals surface area contributed by atoms with E-state index in [1.807, 2.05) is 0 Å². The van der Waals surface area contributed by atoms with Crippen molar-refractivity contribution >= 4 is 10.1 Å². The van der Waals surface area contributed by atoms with Gasteiger partial charge in [0, 0.05) is 13.1 Å². The van der Waals surface area contributed by atoms with E-state index in [1.165, 1.54) is 13.1 Å². The topological polar surface area (TPSA) is 76.0 Å². The van der Waals surface area contributed by atoms with Crippen molar-refractivity contribution < 1.29 is 13.0 Å². The fraction of sp³-hybridized carbons (Fsp3) is 0.600. The van der Waals surface area contributed by atoms with Crippen LogP contribution in [-0.4, -0.2) is 21.5 Å². The van der Waals surface area contributed by atoms with Gasteiger partial charge in [-0.15, -0.1) is 0 Å². The van der Waals surface area contributed by atoms with E-state index in [2.05, 4.69) is 11.9 Å². The van der Waals surface area contributed by atoms with Crippen LogP contribution in [0.4, 0.5) is 0 Å². The lowest BCUT2D eigenvalue weighted by Gasteiger charge is -1.82. The molecule has 1 N–H and O–H groups in total. The summed E-state index contributed by atoms with van der Waals surface area (Å²) in [4.78, 5) is -0.340. The fourth-order valence-corrected chi connectivity index (χ4v) is 0. The molecule has 0 atom stereocenters. The molecule has 0 saturated carbocycles. The van der Waals surface area contributed by atoms with Gasteiger partial charge in [-0.2, -0.15) is 8.42 Å². The SMILES string of the molecule is C1CN1.C=C(C)S([O])(=O)=O. The van der Waals surface area contributed by atoms with Crippen LogP contribution < -0.4 is 5.32 Å². The second-order valence-electron chi connectivity index (χ2n) is 1.91. The first-order chi connectivity index (χ1) is 4.44. The second-order valence-corrected chi connectivity index (χ2v) is 3.51. The molecule has 1 saturated heterocycles. The van der Waals surface area contributed by atoms with Crippen LogP contribution in [0.1, 0.15) is 6.92 Å². The highest BCUT2D eigenvalue weighted by molar-refractivity contribution is 7.89. The van der Waals surface area contributed by atoms with E-state index in [0.717, 1.165) is 6.92 Å². The molecular weight excluding hydrogens is 154 g/mol. The Bertz CT molecular complexity index is 202. The van der Waals surface area contributed by atoms with Crippen LogP contribution in [0.25, 0.3) is 0 Å². The zero-order valence-electron chi connectivity index (χ0n) is 5.75. The van der Waals surface area contributed by atoms with Crippen molar-refractivity contribution in [1.29, 1.82) is 0 Å². The van der Waals surface area contributed by atoms with Gasteiger partial charge in [0.05, 0.1) is 4.91 Å². The molecular formula is C5H10NO3S. The second kappa shape index (κ2) is 3.70. The van der Waals surface area contributed by atoms with Crippen LogP contribution in [0.5, 0.6) is 0 Å². The number of rotatable bonds is 1. The Morgan fingerprint density at radius 2 is 1.70 bits per heavy atom. The summed E-state index contributed by atoms with van der Waals surface area (Å²) in [5.74, 6) is 0. The molecule has 1 aliphatic rings. The summed E-state index contributed by atoms with van der Waals surface area (Å²) in [5.41, 5.74) is 0. The first-order valence-electron chi connectivity index (χ1n) is 2.76. The third-order valence-corrected chi connectivity index (χ3v) is 1.53. The molecule has 10 heavy (non-hydrogen) atoms. The Morgan fingerprint density at radius 1 is 1.50 bits per heavy atom. The molecule has 1 aliphatic heterocycles. The fourth-order valence-electron chi connectivity index (χ4n) is 0. The lowest BCUT2D eigenvalue weighted by Crippen LogP contribution is -1.92. The molecule has 0 spiro atoms. The van der Waals surface area contributed by atoms with E-state index in [1.54, 1.807) is 0 Å². The van der Waals surface area contributed by atoms with Crippen LogP contribution in [0.3, 0.4) is 0 Å². The van der Waals surface area contributed by atoms with Gasteiger partial charge in [0.25, 0.3) is 0 Å². The Hall–Kier alpha value is -0.390. The Balaban J connectivity index is 0.000000219. The van der Waals surface area contributed by atoms with Crippen molar-refractivity contribution in [2.24, 2.45) is 0 Å². The summed E-state index contributed by atoms with van der Waals surface area (Å²) >= 11 is 0. The zero-order valence-corrected chi connectivity index (χ0v) is 6.57. The average molecular weight is 164 g/mol. The predicted octanol–water partition coefficient (Wildman–Crippen LogP) is -0.130. The van der Waals surface area contributed by atoms with Crippen molar-refractivity contribution in [3.63, 3.8) is 0 Å². The maximum atomic E-state index is 9.68. The molecule has 1 radical (unpaired) electrons. The van der Waals surface area contributed by atoms with Crippen LogP contribution in [0.15, 0.2) is 11.5 Å². The molecule has 1 heterocycles. The van der Waals surface area contributed by atoms with Gasteiger partial charge in [-0.25, -0.2) is 0 Å². The van der Waals surface area contributed by atoms with Crippen molar-refractivity contribution in [1.82, 2.24) is 5.32 Å². The summed E-state index contributed by atoms with van der Waals surface area (Å²) < 4.78 is 29.0. The smallest absolute Gasteiger partial charge is 0.314 e. The number of nitrogens with one attached hydrogen (secondary N) is 1. The molecule has 1 rings (SSSR count). The molecule has 0 aromatic heterocycles. The number of allylic oxidation sites excluding steroid dienone is 1. The van der Waals surface area contributed by atoms with Crippen molar-refractivity contribution in [2.75, 3.05) is 13.1 Å². The maximum absolute atomic E-state index is 9.68. The van der Waals surface area contributed by atoms with E-state index in [9.17, 15) is 13.0 Å². The summed E-state index contributed by atoms with van der Waals surface area (Å²) in [7, 11) is -4.19. The van der Waals surface area contributed by atoms with Gasteiger partial charge in [-0.05, 0) is 6.92 Å². The third-order valence-electron chi connectivity index (χ3n) is 0.677. The molecule has 0 amide bonds.